The Morgan fingerprint density at radius 2 is 2.09 bits per heavy atom. The Bertz CT molecular complexity index is 730. The van der Waals surface area contributed by atoms with Crippen LogP contribution >= 0.6 is 0 Å². The Morgan fingerprint density at radius 1 is 1.27 bits per heavy atom. The van der Waals surface area contributed by atoms with Gasteiger partial charge in [-0.1, -0.05) is 12.1 Å². The average molecular weight is 296 g/mol. The molecule has 0 atom stereocenters. The molecular weight excluding hydrogens is 280 g/mol. The molecule has 1 aliphatic rings. The number of aryl methyl sites for hydroxylation is 1. The number of amides is 3. The summed E-state index contributed by atoms with van der Waals surface area (Å²) in [6.07, 6.45) is 0. The van der Waals surface area contributed by atoms with Gasteiger partial charge in [0.1, 0.15) is 5.69 Å². The summed E-state index contributed by atoms with van der Waals surface area (Å²) in [4.78, 5) is 29.7. The lowest BCUT2D eigenvalue weighted by molar-refractivity contribution is 0.102. The first kappa shape index (κ1) is 14.1. The van der Waals surface area contributed by atoms with Gasteiger partial charge in [-0.3, -0.25) is 9.69 Å². The molecular formula is C16H16N4O2. The van der Waals surface area contributed by atoms with Gasteiger partial charge < -0.3 is 10.6 Å². The van der Waals surface area contributed by atoms with Crippen LogP contribution in [-0.4, -0.2) is 30.0 Å². The van der Waals surface area contributed by atoms with Gasteiger partial charge in [0.15, 0.2) is 0 Å². The lowest BCUT2D eigenvalue weighted by Gasteiger charge is -2.15. The molecule has 1 saturated heterocycles. The Morgan fingerprint density at radius 3 is 2.82 bits per heavy atom. The van der Waals surface area contributed by atoms with Crippen molar-refractivity contribution in [1.82, 2.24) is 10.3 Å². The Hall–Kier alpha value is -2.89. The second-order valence-corrected chi connectivity index (χ2v) is 5.05. The molecule has 1 aromatic carbocycles. The van der Waals surface area contributed by atoms with Crippen molar-refractivity contribution in [1.29, 1.82) is 0 Å². The van der Waals surface area contributed by atoms with E-state index in [9.17, 15) is 9.59 Å². The van der Waals surface area contributed by atoms with Crippen LogP contribution in [0.3, 0.4) is 0 Å². The minimum absolute atomic E-state index is 0.121. The summed E-state index contributed by atoms with van der Waals surface area (Å²) in [5.41, 5.74) is 2.54. The van der Waals surface area contributed by atoms with E-state index in [1.54, 1.807) is 35.2 Å². The molecule has 0 radical (unpaired) electrons. The predicted molar refractivity (Wildman–Crippen MR) is 84.1 cm³/mol. The van der Waals surface area contributed by atoms with Crippen LogP contribution in [0.2, 0.25) is 0 Å². The highest BCUT2D eigenvalue weighted by molar-refractivity contribution is 6.03. The van der Waals surface area contributed by atoms with E-state index in [-0.39, 0.29) is 11.9 Å². The third kappa shape index (κ3) is 2.90. The summed E-state index contributed by atoms with van der Waals surface area (Å²) in [6, 6.07) is 12.4. The number of rotatable bonds is 3. The van der Waals surface area contributed by atoms with Gasteiger partial charge in [-0.25, -0.2) is 9.78 Å². The molecule has 3 amide bonds. The number of aromatic nitrogens is 1. The Balaban J connectivity index is 1.78. The van der Waals surface area contributed by atoms with Crippen LogP contribution < -0.4 is 15.5 Å². The van der Waals surface area contributed by atoms with E-state index in [0.717, 1.165) is 11.4 Å². The normalized spacial score (nSPS) is 13.9. The molecule has 112 valence electrons. The van der Waals surface area contributed by atoms with Crippen molar-refractivity contribution < 1.29 is 9.59 Å². The maximum atomic E-state index is 12.2. The van der Waals surface area contributed by atoms with Crippen molar-refractivity contribution in [3.05, 3.63) is 53.9 Å². The lowest BCUT2D eigenvalue weighted by atomic mass is 10.2. The van der Waals surface area contributed by atoms with Gasteiger partial charge in [-0.2, -0.15) is 0 Å². The van der Waals surface area contributed by atoms with Crippen molar-refractivity contribution in [2.24, 2.45) is 0 Å². The van der Waals surface area contributed by atoms with Crippen LogP contribution in [0.15, 0.2) is 42.5 Å². The molecule has 0 aliphatic carbocycles. The maximum absolute atomic E-state index is 12.2. The van der Waals surface area contributed by atoms with E-state index < -0.39 is 0 Å². The van der Waals surface area contributed by atoms with Gasteiger partial charge in [0.2, 0.25) is 0 Å². The first-order chi connectivity index (χ1) is 10.6. The average Bonchev–Trinajstić information content (AvgIpc) is 2.94. The van der Waals surface area contributed by atoms with Crippen LogP contribution in [0.4, 0.5) is 16.2 Å². The fourth-order valence-corrected chi connectivity index (χ4v) is 2.33. The van der Waals surface area contributed by atoms with Crippen LogP contribution in [0, 0.1) is 6.92 Å². The van der Waals surface area contributed by atoms with Crippen LogP contribution in [0.25, 0.3) is 0 Å². The molecule has 6 heteroatoms. The number of carbonyl (C=O) groups excluding carboxylic acids is 2. The van der Waals surface area contributed by atoms with Crippen molar-refractivity contribution in [2.75, 3.05) is 23.3 Å². The molecule has 2 N–H and O–H groups in total. The second-order valence-electron chi connectivity index (χ2n) is 5.05. The quantitative estimate of drug-likeness (QED) is 0.911. The zero-order valence-electron chi connectivity index (χ0n) is 12.2. The zero-order chi connectivity index (χ0) is 15.5. The molecule has 0 unspecified atom stereocenters. The third-order valence-electron chi connectivity index (χ3n) is 3.39. The van der Waals surface area contributed by atoms with E-state index in [1.165, 1.54) is 0 Å². The number of carbonyl (C=O) groups is 2. The summed E-state index contributed by atoms with van der Waals surface area (Å²) in [6.45, 7) is 3.09. The zero-order valence-corrected chi connectivity index (χ0v) is 12.2. The first-order valence-corrected chi connectivity index (χ1v) is 7.04. The molecule has 2 heterocycles. The smallest absolute Gasteiger partial charge is 0.321 e. The number of hydrogen-bond donors (Lipinski definition) is 2. The molecule has 0 bridgehead atoms. The minimum atomic E-state index is -0.272. The van der Waals surface area contributed by atoms with Gasteiger partial charge in [-0.15, -0.1) is 0 Å². The van der Waals surface area contributed by atoms with Crippen LogP contribution in [0.5, 0.6) is 0 Å². The lowest BCUT2D eigenvalue weighted by Crippen LogP contribution is -2.27. The van der Waals surface area contributed by atoms with Crippen LogP contribution in [-0.2, 0) is 0 Å². The Kier molecular flexibility index (Phi) is 3.74. The number of hydrogen-bond acceptors (Lipinski definition) is 3. The van der Waals surface area contributed by atoms with E-state index >= 15 is 0 Å². The van der Waals surface area contributed by atoms with Gasteiger partial charge in [-0.05, 0) is 37.3 Å². The highest BCUT2D eigenvalue weighted by atomic mass is 16.2. The number of anilines is 2. The minimum Gasteiger partial charge on any atom is -0.336 e. The van der Waals surface area contributed by atoms with Crippen LogP contribution in [0.1, 0.15) is 16.2 Å². The van der Waals surface area contributed by atoms with Crippen molar-refractivity contribution in [3.63, 3.8) is 0 Å². The molecule has 1 fully saturated rings. The van der Waals surface area contributed by atoms with Gasteiger partial charge in [0.05, 0.1) is 0 Å². The second kappa shape index (κ2) is 5.85. The van der Waals surface area contributed by atoms with Gasteiger partial charge in [0.25, 0.3) is 5.91 Å². The molecule has 0 saturated carbocycles. The van der Waals surface area contributed by atoms with E-state index in [0.29, 0.717) is 24.5 Å². The standard InChI is InChI=1S/C16H16N4O2/c1-11-4-2-7-14(18-11)15(21)19-12-5-3-6-13(10-12)20-9-8-17-16(20)22/h2-7,10H,8-9H2,1H3,(H,17,22)(H,19,21). The molecule has 3 rings (SSSR count). The van der Waals surface area contributed by atoms with E-state index in [2.05, 4.69) is 15.6 Å². The highest BCUT2D eigenvalue weighted by Crippen LogP contribution is 2.21. The molecule has 1 aliphatic heterocycles. The number of nitrogens with one attached hydrogen (secondary N) is 2. The fourth-order valence-electron chi connectivity index (χ4n) is 2.33. The molecule has 22 heavy (non-hydrogen) atoms. The molecule has 1 aromatic heterocycles. The van der Waals surface area contributed by atoms with Crippen molar-refractivity contribution in [2.45, 2.75) is 6.92 Å². The summed E-state index contributed by atoms with van der Waals surface area (Å²) >= 11 is 0. The summed E-state index contributed by atoms with van der Waals surface area (Å²) in [5.74, 6) is -0.272. The number of pyridine rings is 1. The van der Waals surface area contributed by atoms with Crippen molar-refractivity contribution in [3.8, 4) is 0 Å². The monoisotopic (exact) mass is 296 g/mol. The Labute approximate surface area is 128 Å². The maximum Gasteiger partial charge on any atom is 0.321 e. The first-order valence-electron chi connectivity index (χ1n) is 7.04. The van der Waals surface area contributed by atoms with Gasteiger partial charge in [0, 0.05) is 30.2 Å². The SMILES string of the molecule is Cc1cccc(C(=O)Nc2cccc(N3CCNC3=O)c2)n1. The topological polar surface area (TPSA) is 74.3 Å². The largest absolute Gasteiger partial charge is 0.336 e. The van der Waals surface area contributed by atoms with E-state index in [1.807, 2.05) is 19.1 Å². The van der Waals surface area contributed by atoms with Crippen molar-refractivity contribution >= 4 is 23.3 Å². The number of benzene rings is 1. The summed E-state index contributed by atoms with van der Waals surface area (Å²) < 4.78 is 0. The van der Waals surface area contributed by atoms with Gasteiger partial charge >= 0.3 is 6.03 Å². The fraction of sp³-hybridized carbons (Fsp3) is 0.188. The summed E-state index contributed by atoms with van der Waals surface area (Å²) in [7, 11) is 0. The molecule has 0 spiro atoms. The molecule has 2 aromatic rings. The number of nitrogens with zero attached hydrogens (tertiary/aromatic N) is 2. The van der Waals surface area contributed by atoms with E-state index in [4.69, 9.17) is 0 Å². The summed E-state index contributed by atoms with van der Waals surface area (Å²) in [5, 5.41) is 5.55. The third-order valence-corrected chi connectivity index (χ3v) is 3.39. The highest BCUT2D eigenvalue weighted by Gasteiger charge is 2.21. The predicted octanol–water partition coefficient (Wildman–Crippen LogP) is 2.17. The number of urea groups is 1. The molecule has 6 nitrogen and oxygen atoms in total.